The molecule has 17 heavy (non-hydrogen) atoms. The molecule has 0 aliphatic heterocycles. The number of hydrogen-bond acceptors (Lipinski definition) is 3. The van der Waals surface area contributed by atoms with E-state index in [1.54, 1.807) is 12.5 Å². The van der Waals surface area contributed by atoms with Gasteiger partial charge in [-0.15, -0.1) is 0 Å². The average Bonchev–Trinajstić information content (AvgIpc) is 2.67. The molecular formula is C14H26N2O. The Balaban J connectivity index is 2.76. The maximum atomic E-state index is 6.27. The molecule has 0 aliphatic carbocycles. The fraction of sp³-hybridized carbons (Fsp3) is 0.714. The zero-order valence-electron chi connectivity index (χ0n) is 11.7. The fourth-order valence-electron chi connectivity index (χ4n) is 2.62. The number of nitrogens with two attached hydrogens (primary N) is 1. The Hall–Kier alpha value is -0.800. The number of nitrogens with zero attached hydrogens (tertiary/aromatic N) is 1. The summed E-state index contributed by atoms with van der Waals surface area (Å²) < 4.78 is 5.11. The van der Waals surface area contributed by atoms with E-state index in [1.165, 1.54) is 5.56 Å². The molecule has 3 nitrogen and oxygen atoms in total. The monoisotopic (exact) mass is 238 g/mol. The smallest absolute Gasteiger partial charge is 0.0947 e. The molecule has 0 fully saturated rings. The second-order valence-corrected chi connectivity index (χ2v) is 5.93. The minimum atomic E-state index is 0.175. The Morgan fingerprint density at radius 3 is 2.47 bits per heavy atom. The van der Waals surface area contributed by atoms with Crippen LogP contribution in [0.25, 0.3) is 0 Å². The van der Waals surface area contributed by atoms with Gasteiger partial charge in [0.2, 0.25) is 0 Å². The zero-order valence-corrected chi connectivity index (χ0v) is 11.7. The van der Waals surface area contributed by atoms with Gasteiger partial charge in [-0.1, -0.05) is 27.7 Å². The van der Waals surface area contributed by atoms with Gasteiger partial charge in [0.15, 0.2) is 0 Å². The maximum absolute atomic E-state index is 6.27. The Bertz CT molecular complexity index is 313. The first-order valence-corrected chi connectivity index (χ1v) is 6.33. The predicted molar refractivity (Wildman–Crippen MR) is 71.7 cm³/mol. The lowest BCUT2D eigenvalue weighted by atomic mass is 9.80. The van der Waals surface area contributed by atoms with Crippen LogP contribution in [0, 0.1) is 5.41 Å². The molecule has 2 atom stereocenters. The lowest BCUT2D eigenvalue weighted by Crippen LogP contribution is -2.52. The van der Waals surface area contributed by atoms with Gasteiger partial charge in [0.1, 0.15) is 0 Å². The van der Waals surface area contributed by atoms with Crippen molar-refractivity contribution in [2.45, 2.75) is 52.7 Å². The molecule has 3 heteroatoms. The molecule has 0 bridgehead atoms. The van der Waals surface area contributed by atoms with Crippen LogP contribution >= 0.6 is 0 Å². The topological polar surface area (TPSA) is 42.4 Å². The number of hydrogen-bond donors (Lipinski definition) is 1. The van der Waals surface area contributed by atoms with Crippen molar-refractivity contribution in [2.75, 3.05) is 7.05 Å². The number of rotatable bonds is 5. The quantitative estimate of drug-likeness (QED) is 0.857. The van der Waals surface area contributed by atoms with Gasteiger partial charge in [-0.3, -0.25) is 4.90 Å². The van der Waals surface area contributed by atoms with E-state index < -0.39 is 0 Å². The van der Waals surface area contributed by atoms with Crippen molar-refractivity contribution in [3.05, 3.63) is 24.2 Å². The van der Waals surface area contributed by atoms with Gasteiger partial charge in [0, 0.05) is 24.2 Å². The van der Waals surface area contributed by atoms with Crippen LogP contribution in [0.3, 0.4) is 0 Å². The van der Waals surface area contributed by atoms with Crippen molar-refractivity contribution < 1.29 is 4.42 Å². The molecule has 1 heterocycles. The highest BCUT2D eigenvalue weighted by Gasteiger charge is 2.32. The lowest BCUT2D eigenvalue weighted by molar-refractivity contribution is 0.0937. The summed E-state index contributed by atoms with van der Waals surface area (Å²) in [7, 11) is 2.14. The van der Waals surface area contributed by atoms with Gasteiger partial charge in [0.05, 0.1) is 12.5 Å². The minimum Gasteiger partial charge on any atom is -0.472 e. The number of furan rings is 1. The molecule has 2 unspecified atom stereocenters. The lowest BCUT2D eigenvalue weighted by Gasteiger charge is -2.41. The van der Waals surface area contributed by atoms with E-state index in [9.17, 15) is 0 Å². The average molecular weight is 238 g/mol. The third-order valence-corrected chi connectivity index (χ3v) is 3.25. The molecule has 0 saturated carbocycles. The van der Waals surface area contributed by atoms with Crippen LogP contribution in [0.5, 0.6) is 0 Å². The molecule has 0 amide bonds. The predicted octanol–water partition coefficient (Wildman–Crippen LogP) is 2.86. The zero-order chi connectivity index (χ0) is 13.1. The third-order valence-electron chi connectivity index (χ3n) is 3.25. The molecular weight excluding hydrogens is 212 g/mol. The van der Waals surface area contributed by atoms with Crippen LogP contribution in [0.4, 0.5) is 0 Å². The van der Waals surface area contributed by atoms with E-state index in [1.807, 2.05) is 6.07 Å². The van der Waals surface area contributed by atoms with Gasteiger partial charge < -0.3 is 10.2 Å². The summed E-state index contributed by atoms with van der Waals surface area (Å²) in [6, 6.07) is 2.57. The Morgan fingerprint density at radius 2 is 2.06 bits per heavy atom. The molecule has 0 saturated heterocycles. The van der Waals surface area contributed by atoms with Crippen molar-refractivity contribution in [2.24, 2.45) is 11.1 Å². The molecule has 1 aromatic rings. The van der Waals surface area contributed by atoms with Crippen molar-refractivity contribution in [1.82, 2.24) is 4.90 Å². The largest absolute Gasteiger partial charge is 0.472 e. The van der Waals surface area contributed by atoms with Crippen LogP contribution in [0.2, 0.25) is 0 Å². The summed E-state index contributed by atoms with van der Waals surface area (Å²) in [4.78, 5) is 2.33. The van der Waals surface area contributed by atoms with E-state index in [-0.39, 0.29) is 11.5 Å². The highest BCUT2D eigenvalue weighted by molar-refractivity contribution is 5.06. The molecule has 0 spiro atoms. The van der Waals surface area contributed by atoms with Gasteiger partial charge in [-0.25, -0.2) is 0 Å². The summed E-state index contributed by atoms with van der Waals surface area (Å²) in [5.41, 5.74) is 7.64. The molecule has 0 aromatic carbocycles. The van der Waals surface area contributed by atoms with Gasteiger partial charge in [0.25, 0.3) is 0 Å². The van der Waals surface area contributed by atoms with E-state index in [2.05, 4.69) is 39.6 Å². The first-order chi connectivity index (χ1) is 7.86. The van der Waals surface area contributed by atoms with Crippen molar-refractivity contribution in [1.29, 1.82) is 0 Å². The molecule has 1 aromatic heterocycles. The van der Waals surface area contributed by atoms with Gasteiger partial charge in [-0.05, 0) is 24.9 Å². The van der Waals surface area contributed by atoms with Crippen molar-refractivity contribution in [3.8, 4) is 0 Å². The SMILES string of the molecule is CCC(N)C(N(C)Cc1ccoc1)C(C)(C)C. The molecule has 2 N–H and O–H groups in total. The van der Waals surface area contributed by atoms with Crippen molar-refractivity contribution in [3.63, 3.8) is 0 Å². The van der Waals surface area contributed by atoms with Crippen LogP contribution in [-0.2, 0) is 6.54 Å². The van der Waals surface area contributed by atoms with E-state index >= 15 is 0 Å². The maximum Gasteiger partial charge on any atom is 0.0947 e. The molecule has 98 valence electrons. The van der Waals surface area contributed by atoms with Gasteiger partial charge in [-0.2, -0.15) is 0 Å². The van der Waals surface area contributed by atoms with Crippen LogP contribution in [-0.4, -0.2) is 24.0 Å². The molecule has 0 radical (unpaired) electrons. The summed E-state index contributed by atoms with van der Waals surface area (Å²) in [6.07, 6.45) is 4.51. The molecule has 0 aliphatic rings. The van der Waals surface area contributed by atoms with Crippen LogP contribution in [0.15, 0.2) is 23.0 Å². The summed E-state index contributed by atoms with van der Waals surface area (Å²) >= 11 is 0. The second-order valence-electron chi connectivity index (χ2n) is 5.93. The third kappa shape index (κ3) is 3.86. The first-order valence-electron chi connectivity index (χ1n) is 6.33. The van der Waals surface area contributed by atoms with E-state index in [4.69, 9.17) is 10.2 Å². The Kier molecular flexibility index (Phi) is 4.78. The summed E-state index contributed by atoms with van der Waals surface area (Å²) in [6.45, 7) is 9.78. The second kappa shape index (κ2) is 5.69. The van der Waals surface area contributed by atoms with Crippen LogP contribution in [0.1, 0.15) is 39.7 Å². The van der Waals surface area contributed by atoms with E-state index in [0.29, 0.717) is 6.04 Å². The first kappa shape index (κ1) is 14.3. The minimum absolute atomic E-state index is 0.175. The van der Waals surface area contributed by atoms with E-state index in [0.717, 1.165) is 13.0 Å². The standard InChI is InChI=1S/C14H26N2O/c1-6-12(15)13(14(2,3)4)16(5)9-11-7-8-17-10-11/h7-8,10,12-13H,6,9,15H2,1-5H3. The number of likely N-dealkylation sites (N-methyl/N-ethyl adjacent to an activating group) is 1. The summed E-state index contributed by atoms with van der Waals surface area (Å²) in [5.74, 6) is 0. The van der Waals surface area contributed by atoms with Gasteiger partial charge >= 0.3 is 0 Å². The highest BCUT2D eigenvalue weighted by atomic mass is 16.3. The summed E-state index contributed by atoms with van der Waals surface area (Å²) in [5, 5.41) is 0. The normalized spacial score (nSPS) is 16.2. The Labute approximate surface area is 105 Å². The molecule has 1 rings (SSSR count). The van der Waals surface area contributed by atoms with Crippen molar-refractivity contribution >= 4 is 0 Å². The van der Waals surface area contributed by atoms with Crippen LogP contribution < -0.4 is 5.73 Å². The highest BCUT2D eigenvalue weighted by Crippen LogP contribution is 2.27. The Morgan fingerprint density at radius 1 is 1.41 bits per heavy atom. The fourth-order valence-corrected chi connectivity index (χ4v) is 2.62.